The minimum atomic E-state index is -3.08. The number of aryl methyl sites for hydroxylation is 2. The van der Waals surface area contributed by atoms with E-state index >= 15 is 0 Å². The maximum Gasteiger partial charge on any atom is 0.157 e. The van der Waals surface area contributed by atoms with Crippen LogP contribution in [0.15, 0.2) is 48.5 Å². The minimum absolute atomic E-state index is 0.103. The summed E-state index contributed by atoms with van der Waals surface area (Å²) in [7, 11) is -3.08. The molecule has 29 heavy (non-hydrogen) atoms. The predicted octanol–water partition coefficient (Wildman–Crippen LogP) is 3.85. The molecule has 0 saturated carbocycles. The average Bonchev–Trinajstić information content (AvgIpc) is 2.71. The number of aliphatic hydroxyl groups excluding tert-OH is 1. The number of nitrogens with two attached hydrogens (primary N) is 1. The standard InChI is InChI=1S/C23H34N2O3S/c1-3-4-5-19-6-10-21(11-7-19)16-22-12-8-20(9-13-22)14-15-23(24,17-26)18-28-29(2,25)27/h6-13,25-26H,3-5,14-18,24H2,1-2H3. The monoisotopic (exact) mass is 418 g/mol. The molecule has 0 fully saturated rings. The van der Waals surface area contributed by atoms with Crippen LogP contribution in [0.1, 0.15) is 48.4 Å². The molecule has 4 N–H and O–H groups in total. The van der Waals surface area contributed by atoms with Gasteiger partial charge in [-0.15, -0.1) is 0 Å². The van der Waals surface area contributed by atoms with Gasteiger partial charge in [-0.3, -0.25) is 4.18 Å². The second-order valence-corrected chi connectivity index (χ2v) is 9.75. The summed E-state index contributed by atoms with van der Waals surface area (Å²) in [6.45, 7) is 1.83. The van der Waals surface area contributed by atoms with Gasteiger partial charge in [-0.1, -0.05) is 61.9 Å². The van der Waals surface area contributed by atoms with E-state index in [-0.39, 0.29) is 13.2 Å². The number of unbranched alkanes of at least 4 members (excludes halogenated alkanes) is 1. The molecule has 0 bridgehead atoms. The van der Waals surface area contributed by atoms with Crippen LogP contribution in [0.25, 0.3) is 0 Å². The van der Waals surface area contributed by atoms with Crippen LogP contribution in [0.2, 0.25) is 0 Å². The molecule has 2 rings (SSSR count). The van der Waals surface area contributed by atoms with Crippen LogP contribution in [0.5, 0.6) is 0 Å². The summed E-state index contributed by atoms with van der Waals surface area (Å²) < 4.78 is 23.7. The van der Waals surface area contributed by atoms with Gasteiger partial charge >= 0.3 is 0 Å². The zero-order chi connectivity index (χ0) is 21.3. The quantitative estimate of drug-likeness (QED) is 0.488. The fourth-order valence-corrected chi connectivity index (χ4v) is 3.54. The molecule has 2 aromatic carbocycles. The number of rotatable bonds is 12. The normalized spacial score (nSPS) is 15.6. The van der Waals surface area contributed by atoms with Crippen LogP contribution in [0, 0.1) is 4.78 Å². The Morgan fingerprint density at radius 1 is 1.00 bits per heavy atom. The van der Waals surface area contributed by atoms with Crippen molar-refractivity contribution in [3.8, 4) is 0 Å². The van der Waals surface area contributed by atoms with Crippen molar-refractivity contribution in [2.24, 2.45) is 5.73 Å². The van der Waals surface area contributed by atoms with E-state index in [1.165, 1.54) is 35.8 Å². The zero-order valence-corrected chi connectivity index (χ0v) is 18.3. The lowest BCUT2D eigenvalue weighted by Crippen LogP contribution is -2.48. The van der Waals surface area contributed by atoms with Crippen molar-refractivity contribution in [3.05, 3.63) is 70.8 Å². The van der Waals surface area contributed by atoms with Crippen LogP contribution in [0.3, 0.4) is 0 Å². The lowest BCUT2D eigenvalue weighted by atomic mass is 9.93. The highest BCUT2D eigenvalue weighted by molar-refractivity contribution is 7.87. The summed E-state index contributed by atoms with van der Waals surface area (Å²) in [6, 6.07) is 17.3. The van der Waals surface area contributed by atoms with Crippen molar-refractivity contribution in [2.45, 2.75) is 51.0 Å². The molecule has 2 aromatic rings. The summed E-state index contributed by atoms with van der Waals surface area (Å²) in [5.74, 6) is 0. The van der Waals surface area contributed by atoms with Crippen LogP contribution >= 0.6 is 0 Å². The Balaban J connectivity index is 1.89. The molecule has 0 aliphatic heterocycles. The lowest BCUT2D eigenvalue weighted by Gasteiger charge is -2.26. The van der Waals surface area contributed by atoms with Crippen molar-refractivity contribution in [2.75, 3.05) is 19.5 Å². The molecule has 0 saturated heterocycles. The molecule has 0 radical (unpaired) electrons. The predicted molar refractivity (Wildman–Crippen MR) is 119 cm³/mol. The average molecular weight is 419 g/mol. The van der Waals surface area contributed by atoms with E-state index in [4.69, 9.17) is 14.7 Å². The van der Waals surface area contributed by atoms with E-state index in [0.29, 0.717) is 12.8 Å². The van der Waals surface area contributed by atoms with Gasteiger partial charge in [-0.2, -0.15) is 0 Å². The fraction of sp³-hybridized carbons (Fsp3) is 0.478. The van der Waals surface area contributed by atoms with E-state index in [9.17, 15) is 9.32 Å². The number of hydrogen-bond donors (Lipinski definition) is 3. The molecular weight excluding hydrogens is 384 g/mol. The van der Waals surface area contributed by atoms with Gasteiger partial charge in [0.05, 0.1) is 18.8 Å². The van der Waals surface area contributed by atoms with Gasteiger partial charge in [0.1, 0.15) is 0 Å². The van der Waals surface area contributed by atoms with E-state index in [1.54, 1.807) is 0 Å². The van der Waals surface area contributed by atoms with E-state index < -0.39 is 15.5 Å². The fourth-order valence-electron chi connectivity index (χ4n) is 3.08. The maximum absolute atomic E-state index is 11.4. The highest BCUT2D eigenvalue weighted by atomic mass is 32.2. The summed E-state index contributed by atoms with van der Waals surface area (Å²) in [6.07, 6.45) is 6.84. The molecule has 160 valence electrons. The summed E-state index contributed by atoms with van der Waals surface area (Å²) in [5.41, 5.74) is 10.2. The van der Waals surface area contributed by atoms with Crippen LogP contribution in [-0.4, -0.2) is 34.3 Å². The minimum Gasteiger partial charge on any atom is -0.394 e. The molecule has 2 atom stereocenters. The first kappa shape index (κ1) is 23.5. The number of nitrogens with one attached hydrogen (secondary N) is 1. The molecule has 0 amide bonds. The van der Waals surface area contributed by atoms with Crippen LogP contribution < -0.4 is 5.73 Å². The highest BCUT2D eigenvalue weighted by Crippen LogP contribution is 2.17. The Labute approximate surface area is 175 Å². The summed E-state index contributed by atoms with van der Waals surface area (Å²) >= 11 is 0. The Morgan fingerprint density at radius 3 is 1.93 bits per heavy atom. The summed E-state index contributed by atoms with van der Waals surface area (Å²) in [4.78, 5) is 0. The molecule has 0 aliphatic carbocycles. The van der Waals surface area contributed by atoms with E-state index in [1.807, 2.05) is 0 Å². The third-order valence-corrected chi connectivity index (χ3v) is 5.64. The van der Waals surface area contributed by atoms with Crippen LogP contribution in [-0.2, 0) is 33.5 Å². The highest BCUT2D eigenvalue weighted by Gasteiger charge is 2.25. The summed E-state index contributed by atoms with van der Waals surface area (Å²) in [5, 5.41) is 9.58. The number of hydrogen-bond acceptors (Lipinski definition) is 5. The molecule has 0 spiro atoms. The lowest BCUT2D eigenvalue weighted by molar-refractivity contribution is 0.133. The number of benzene rings is 2. The molecule has 5 nitrogen and oxygen atoms in total. The van der Waals surface area contributed by atoms with Gasteiger partial charge in [0.15, 0.2) is 10.0 Å². The van der Waals surface area contributed by atoms with Gasteiger partial charge in [0.2, 0.25) is 0 Å². The topological polar surface area (TPSA) is 96.4 Å². The molecule has 0 aliphatic rings. The SMILES string of the molecule is CCCCc1ccc(Cc2ccc(CCC(N)(CO)COS(C)(=N)=O)cc2)cc1. The van der Waals surface area contributed by atoms with E-state index in [0.717, 1.165) is 18.4 Å². The Morgan fingerprint density at radius 2 is 1.48 bits per heavy atom. The maximum atomic E-state index is 11.4. The van der Waals surface area contributed by atoms with Crippen molar-refractivity contribution in [1.82, 2.24) is 0 Å². The molecule has 2 unspecified atom stereocenters. The third kappa shape index (κ3) is 8.66. The first-order chi connectivity index (χ1) is 13.7. The van der Waals surface area contributed by atoms with Gasteiger partial charge < -0.3 is 10.8 Å². The molecule has 6 heteroatoms. The third-order valence-electron chi connectivity index (χ3n) is 5.07. The Bertz CT molecular complexity index is 849. The van der Waals surface area contributed by atoms with Crippen molar-refractivity contribution in [3.63, 3.8) is 0 Å². The Hall–Kier alpha value is -1.73. The zero-order valence-electron chi connectivity index (χ0n) is 17.5. The van der Waals surface area contributed by atoms with E-state index in [2.05, 4.69) is 55.5 Å². The first-order valence-electron chi connectivity index (χ1n) is 10.2. The molecule has 0 heterocycles. The van der Waals surface area contributed by atoms with Crippen LogP contribution in [0.4, 0.5) is 0 Å². The first-order valence-corrected chi connectivity index (χ1v) is 12.1. The Kier molecular flexibility index (Phi) is 8.83. The van der Waals surface area contributed by atoms with Gasteiger partial charge in [0, 0.05) is 6.26 Å². The van der Waals surface area contributed by atoms with Crippen molar-refractivity contribution >= 4 is 10.0 Å². The van der Waals surface area contributed by atoms with Crippen molar-refractivity contribution in [1.29, 1.82) is 4.78 Å². The molecular formula is C23H34N2O3S. The second-order valence-electron chi connectivity index (χ2n) is 7.97. The smallest absolute Gasteiger partial charge is 0.157 e. The second kappa shape index (κ2) is 10.9. The number of aliphatic hydroxyl groups is 1. The van der Waals surface area contributed by atoms with Gasteiger partial charge in [-0.25, -0.2) is 8.99 Å². The molecule has 0 aromatic heterocycles. The largest absolute Gasteiger partial charge is 0.394 e. The van der Waals surface area contributed by atoms with Crippen molar-refractivity contribution < 1.29 is 13.5 Å². The van der Waals surface area contributed by atoms with Gasteiger partial charge in [0.25, 0.3) is 0 Å². The van der Waals surface area contributed by atoms with Gasteiger partial charge in [-0.05, 0) is 54.4 Å².